The molecular weight excluding hydrogens is 295 g/mol. The van der Waals surface area contributed by atoms with Crippen molar-refractivity contribution >= 4 is 0 Å². The number of methoxy groups -OCH3 is 1. The minimum absolute atomic E-state index is 0.374. The van der Waals surface area contributed by atoms with E-state index in [1.807, 2.05) is 0 Å². The number of nitrogens with one attached hydrogen (secondary N) is 2. The molecule has 120 valence electrons. The fourth-order valence-corrected chi connectivity index (χ4v) is 1.66. The molecule has 0 saturated heterocycles. The lowest BCUT2D eigenvalue weighted by Crippen LogP contribution is -2.25. The molecule has 21 heavy (non-hydrogen) atoms. The van der Waals surface area contributed by atoms with Gasteiger partial charge in [0, 0.05) is 25.8 Å². The Morgan fingerprint density at radius 2 is 1.29 bits per heavy atom. The molecule has 2 N–H and O–H groups in total. The van der Waals surface area contributed by atoms with E-state index in [1.165, 1.54) is 0 Å². The summed E-state index contributed by atoms with van der Waals surface area (Å²) in [5.41, 5.74) is -0.848. The standard InChI is InChI=1S/C13H17F5N2O/c1-21-6-5-19-3-2-4-20-7-8-9(14)11(16)13(18)12(17)10(8)15/h19-20H,2-7H2,1H3. The normalized spacial score (nSPS) is 11.1. The Labute approximate surface area is 119 Å². The lowest BCUT2D eigenvalue weighted by molar-refractivity contribution is 0.199. The van der Waals surface area contributed by atoms with Crippen molar-refractivity contribution in [3.63, 3.8) is 0 Å². The van der Waals surface area contributed by atoms with Crippen LogP contribution in [0.4, 0.5) is 22.0 Å². The molecule has 0 fully saturated rings. The molecule has 0 radical (unpaired) electrons. The van der Waals surface area contributed by atoms with Gasteiger partial charge in [0.25, 0.3) is 0 Å². The maximum absolute atomic E-state index is 13.3. The molecule has 0 spiro atoms. The Hall–Kier alpha value is -1.25. The van der Waals surface area contributed by atoms with E-state index >= 15 is 0 Å². The van der Waals surface area contributed by atoms with Crippen molar-refractivity contribution in [1.82, 2.24) is 10.6 Å². The van der Waals surface area contributed by atoms with Crippen LogP contribution in [-0.4, -0.2) is 33.4 Å². The van der Waals surface area contributed by atoms with Gasteiger partial charge < -0.3 is 15.4 Å². The third kappa shape index (κ3) is 4.90. The summed E-state index contributed by atoms with van der Waals surface area (Å²) in [6.07, 6.45) is 0.638. The summed E-state index contributed by atoms with van der Waals surface area (Å²) in [6, 6.07) is 0. The van der Waals surface area contributed by atoms with Crippen molar-refractivity contribution in [3.05, 3.63) is 34.6 Å². The highest BCUT2D eigenvalue weighted by molar-refractivity contribution is 5.23. The van der Waals surface area contributed by atoms with E-state index in [-0.39, 0.29) is 0 Å². The first-order chi connectivity index (χ1) is 10.0. The summed E-state index contributed by atoms with van der Waals surface area (Å²) in [5, 5.41) is 5.69. The second-order valence-corrected chi connectivity index (χ2v) is 4.32. The van der Waals surface area contributed by atoms with Crippen molar-refractivity contribution < 1.29 is 26.7 Å². The molecule has 1 aromatic rings. The van der Waals surface area contributed by atoms with E-state index in [9.17, 15) is 22.0 Å². The lowest BCUT2D eigenvalue weighted by Gasteiger charge is -2.09. The van der Waals surface area contributed by atoms with Crippen molar-refractivity contribution in [2.75, 3.05) is 33.4 Å². The Morgan fingerprint density at radius 1 is 0.762 bits per heavy atom. The topological polar surface area (TPSA) is 33.3 Å². The molecule has 8 heteroatoms. The zero-order valence-electron chi connectivity index (χ0n) is 11.5. The van der Waals surface area contributed by atoms with Gasteiger partial charge in [0.15, 0.2) is 23.3 Å². The average molecular weight is 312 g/mol. The van der Waals surface area contributed by atoms with Crippen LogP contribution in [0.2, 0.25) is 0 Å². The van der Waals surface area contributed by atoms with Crippen molar-refractivity contribution in [2.24, 2.45) is 0 Å². The summed E-state index contributed by atoms with van der Waals surface area (Å²) < 4.78 is 70.2. The molecule has 0 aliphatic rings. The Morgan fingerprint density at radius 3 is 1.86 bits per heavy atom. The first-order valence-corrected chi connectivity index (χ1v) is 6.41. The van der Waals surface area contributed by atoms with Gasteiger partial charge in [0.05, 0.1) is 6.61 Å². The maximum Gasteiger partial charge on any atom is 0.200 e. The summed E-state index contributed by atoms with van der Waals surface area (Å²) >= 11 is 0. The van der Waals surface area contributed by atoms with Crippen LogP contribution in [0.3, 0.4) is 0 Å². The summed E-state index contributed by atoms with van der Waals surface area (Å²) in [7, 11) is 1.58. The molecule has 3 nitrogen and oxygen atoms in total. The highest BCUT2D eigenvalue weighted by Gasteiger charge is 2.24. The van der Waals surface area contributed by atoms with E-state index in [0.717, 1.165) is 0 Å². The predicted molar refractivity (Wildman–Crippen MR) is 67.3 cm³/mol. The third-order valence-electron chi connectivity index (χ3n) is 2.79. The SMILES string of the molecule is COCCNCCCNCc1c(F)c(F)c(F)c(F)c1F. The molecule has 0 amide bonds. The van der Waals surface area contributed by atoms with Crippen LogP contribution in [0.1, 0.15) is 12.0 Å². The largest absolute Gasteiger partial charge is 0.383 e. The highest BCUT2D eigenvalue weighted by Crippen LogP contribution is 2.22. The summed E-state index contributed by atoms with van der Waals surface area (Å²) in [4.78, 5) is 0. The molecule has 0 heterocycles. The van der Waals surface area contributed by atoms with Crippen LogP contribution in [0.15, 0.2) is 0 Å². The van der Waals surface area contributed by atoms with Gasteiger partial charge >= 0.3 is 0 Å². The first kappa shape index (κ1) is 17.8. The Bertz CT molecular complexity index is 441. The van der Waals surface area contributed by atoms with E-state index in [0.29, 0.717) is 32.7 Å². The van der Waals surface area contributed by atoms with Crippen LogP contribution >= 0.6 is 0 Å². The molecule has 0 saturated carbocycles. The van der Waals surface area contributed by atoms with E-state index in [2.05, 4.69) is 10.6 Å². The zero-order chi connectivity index (χ0) is 15.8. The molecule has 0 aliphatic carbocycles. The van der Waals surface area contributed by atoms with Gasteiger partial charge in [-0.3, -0.25) is 0 Å². The number of ether oxygens (including phenoxy) is 1. The minimum atomic E-state index is -2.14. The Kier molecular flexibility index (Phi) is 7.55. The molecular formula is C13H17F5N2O. The molecule has 0 atom stereocenters. The van der Waals surface area contributed by atoms with Crippen LogP contribution in [-0.2, 0) is 11.3 Å². The first-order valence-electron chi connectivity index (χ1n) is 6.41. The number of hydrogen-bond acceptors (Lipinski definition) is 3. The second kappa shape index (κ2) is 8.91. The van der Waals surface area contributed by atoms with Gasteiger partial charge in [-0.15, -0.1) is 0 Å². The van der Waals surface area contributed by atoms with Gasteiger partial charge in [-0.25, -0.2) is 22.0 Å². The fourth-order valence-electron chi connectivity index (χ4n) is 1.66. The number of hydrogen-bond donors (Lipinski definition) is 2. The van der Waals surface area contributed by atoms with Gasteiger partial charge in [-0.1, -0.05) is 0 Å². The summed E-state index contributed by atoms with van der Waals surface area (Å²) in [6.45, 7) is 1.84. The Balaban J connectivity index is 2.43. The van der Waals surface area contributed by atoms with Gasteiger partial charge in [-0.2, -0.15) is 0 Å². The smallest absolute Gasteiger partial charge is 0.200 e. The molecule has 1 aromatic carbocycles. The molecule has 0 aromatic heterocycles. The van der Waals surface area contributed by atoms with E-state index in [1.54, 1.807) is 7.11 Å². The van der Waals surface area contributed by atoms with E-state index < -0.39 is 41.2 Å². The fraction of sp³-hybridized carbons (Fsp3) is 0.538. The summed E-state index contributed by atoms with van der Waals surface area (Å²) in [5.74, 6) is -9.58. The number of halogens is 5. The van der Waals surface area contributed by atoms with Gasteiger partial charge in [-0.05, 0) is 19.5 Å². The zero-order valence-corrected chi connectivity index (χ0v) is 11.5. The quantitative estimate of drug-likeness (QED) is 0.317. The van der Waals surface area contributed by atoms with Gasteiger partial charge in [0.2, 0.25) is 5.82 Å². The van der Waals surface area contributed by atoms with E-state index in [4.69, 9.17) is 4.74 Å². The molecule has 0 unspecified atom stereocenters. The molecule has 1 rings (SSSR count). The van der Waals surface area contributed by atoms with Crippen molar-refractivity contribution in [3.8, 4) is 0 Å². The average Bonchev–Trinajstić information content (AvgIpc) is 2.49. The molecule has 0 aliphatic heterocycles. The monoisotopic (exact) mass is 312 g/mol. The minimum Gasteiger partial charge on any atom is -0.383 e. The number of benzene rings is 1. The van der Waals surface area contributed by atoms with Gasteiger partial charge in [0.1, 0.15) is 0 Å². The van der Waals surface area contributed by atoms with Crippen LogP contribution in [0.25, 0.3) is 0 Å². The predicted octanol–water partition coefficient (Wildman–Crippen LogP) is 2.10. The van der Waals surface area contributed by atoms with Crippen molar-refractivity contribution in [2.45, 2.75) is 13.0 Å². The molecule has 0 bridgehead atoms. The second-order valence-electron chi connectivity index (χ2n) is 4.32. The van der Waals surface area contributed by atoms with Crippen LogP contribution < -0.4 is 10.6 Å². The third-order valence-corrected chi connectivity index (χ3v) is 2.79. The maximum atomic E-state index is 13.3. The number of rotatable bonds is 9. The highest BCUT2D eigenvalue weighted by atomic mass is 19.2. The van der Waals surface area contributed by atoms with Crippen LogP contribution in [0, 0.1) is 29.1 Å². The lowest BCUT2D eigenvalue weighted by atomic mass is 10.1. The van der Waals surface area contributed by atoms with Crippen LogP contribution in [0.5, 0.6) is 0 Å². The van der Waals surface area contributed by atoms with Crippen molar-refractivity contribution in [1.29, 1.82) is 0 Å².